The van der Waals surface area contributed by atoms with Crippen LogP contribution in [-0.2, 0) is 20.1 Å². The van der Waals surface area contributed by atoms with Crippen LogP contribution >= 0.6 is 0 Å². The van der Waals surface area contributed by atoms with E-state index in [1.165, 1.54) is 31.5 Å². The van der Waals surface area contributed by atoms with Crippen LogP contribution in [0.4, 0.5) is 0 Å². The first-order chi connectivity index (χ1) is 12.2. The quantitative estimate of drug-likeness (QED) is 0.861. The number of fused-ring (bicyclic) bond motifs is 4. The number of nitriles is 1. The molecule has 0 N–H and O–H groups in total. The SMILES string of the molecule is Cn1cc(CN2C[C@H]3CC[C@@H]2CN(Cc2ccccn2)C3)cc1C#N. The molecule has 2 atom stereocenters. The number of hydrogen-bond donors (Lipinski definition) is 0. The van der Waals surface area contributed by atoms with Gasteiger partial charge in [-0.05, 0) is 42.5 Å². The summed E-state index contributed by atoms with van der Waals surface area (Å²) < 4.78 is 1.93. The molecule has 0 radical (unpaired) electrons. The topological polar surface area (TPSA) is 48.1 Å². The first-order valence-corrected chi connectivity index (χ1v) is 9.13. The summed E-state index contributed by atoms with van der Waals surface area (Å²) in [6.07, 6.45) is 6.60. The van der Waals surface area contributed by atoms with Crippen LogP contribution in [0.15, 0.2) is 36.7 Å². The predicted molar refractivity (Wildman–Crippen MR) is 96.6 cm³/mol. The molecule has 5 heterocycles. The average Bonchev–Trinajstić information content (AvgIpc) is 2.77. The number of pyridine rings is 1. The largest absolute Gasteiger partial charge is 0.342 e. The van der Waals surface area contributed by atoms with Gasteiger partial charge in [0.1, 0.15) is 11.8 Å². The summed E-state index contributed by atoms with van der Waals surface area (Å²) in [6, 6.07) is 11.1. The number of rotatable bonds is 4. The van der Waals surface area contributed by atoms with Crippen LogP contribution in [0.2, 0.25) is 0 Å². The van der Waals surface area contributed by atoms with Crippen LogP contribution in [0.1, 0.15) is 29.8 Å². The number of hydrogen-bond acceptors (Lipinski definition) is 4. The van der Waals surface area contributed by atoms with Gasteiger partial charge in [0.05, 0.1) is 5.69 Å². The third-order valence-electron chi connectivity index (χ3n) is 5.58. The molecule has 0 spiro atoms. The summed E-state index contributed by atoms with van der Waals surface area (Å²) >= 11 is 0. The zero-order chi connectivity index (χ0) is 17.2. The van der Waals surface area contributed by atoms with Gasteiger partial charge in [0.2, 0.25) is 0 Å². The van der Waals surface area contributed by atoms with Crippen LogP contribution in [-0.4, -0.2) is 45.0 Å². The summed E-state index contributed by atoms with van der Waals surface area (Å²) in [5.74, 6) is 0.738. The summed E-state index contributed by atoms with van der Waals surface area (Å²) in [5.41, 5.74) is 3.16. The molecule has 5 nitrogen and oxygen atoms in total. The molecule has 0 amide bonds. The molecule has 0 aromatic carbocycles. The Bertz CT molecular complexity index is 760. The zero-order valence-corrected chi connectivity index (χ0v) is 14.8. The molecular formula is C20H25N5. The Balaban J connectivity index is 1.45. The molecule has 3 fully saturated rings. The molecule has 2 bridgehead atoms. The molecular weight excluding hydrogens is 310 g/mol. The van der Waals surface area contributed by atoms with Crippen molar-refractivity contribution < 1.29 is 0 Å². The van der Waals surface area contributed by atoms with E-state index < -0.39 is 0 Å². The van der Waals surface area contributed by atoms with Gasteiger partial charge in [0.15, 0.2) is 0 Å². The minimum absolute atomic E-state index is 0.605. The number of aromatic nitrogens is 2. The molecule has 0 saturated carbocycles. The van der Waals surface area contributed by atoms with Crippen molar-refractivity contribution in [2.45, 2.75) is 32.0 Å². The fourth-order valence-electron chi connectivity index (χ4n) is 4.38. The lowest BCUT2D eigenvalue weighted by atomic mass is 9.94. The molecule has 5 rings (SSSR count). The van der Waals surface area contributed by atoms with E-state index in [0.717, 1.165) is 36.9 Å². The second kappa shape index (κ2) is 6.99. The summed E-state index contributed by atoms with van der Waals surface area (Å²) in [4.78, 5) is 9.70. The summed E-state index contributed by atoms with van der Waals surface area (Å²) in [5, 5.41) is 9.17. The molecule has 2 aromatic heterocycles. The molecule has 130 valence electrons. The maximum atomic E-state index is 9.17. The lowest BCUT2D eigenvalue weighted by Crippen LogP contribution is -2.43. The lowest BCUT2D eigenvalue weighted by Gasteiger charge is -2.36. The van der Waals surface area contributed by atoms with Crippen molar-refractivity contribution >= 4 is 0 Å². The number of nitrogens with zero attached hydrogens (tertiary/aromatic N) is 5. The Morgan fingerprint density at radius 1 is 1.20 bits per heavy atom. The highest BCUT2D eigenvalue weighted by molar-refractivity contribution is 5.28. The third-order valence-corrected chi connectivity index (χ3v) is 5.58. The second-order valence-corrected chi connectivity index (χ2v) is 7.50. The van der Waals surface area contributed by atoms with Gasteiger partial charge in [-0.15, -0.1) is 0 Å². The van der Waals surface area contributed by atoms with Gasteiger partial charge in [-0.1, -0.05) is 6.07 Å². The minimum atomic E-state index is 0.605. The molecule has 0 aliphatic carbocycles. The maximum Gasteiger partial charge on any atom is 0.120 e. The van der Waals surface area contributed by atoms with Crippen molar-refractivity contribution in [1.29, 1.82) is 5.26 Å². The average molecular weight is 335 g/mol. The van der Waals surface area contributed by atoms with E-state index in [1.807, 2.05) is 29.9 Å². The highest BCUT2D eigenvalue weighted by Crippen LogP contribution is 2.30. The van der Waals surface area contributed by atoms with E-state index in [0.29, 0.717) is 6.04 Å². The number of piperidine rings is 1. The van der Waals surface area contributed by atoms with E-state index in [4.69, 9.17) is 5.26 Å². The van der Waals surface area contributed by atoms with Crippen molar-refractivity contribution in [2.75, 3.05) is 19.6 Å². The Morgan fingerprint density at radius 3 is 2.88 bits per heavy atom. The highest BCUT2D eigenvalue weighted by Gasteiger charge is 2.34. The number of aryl methyl sites for hydroxylation is 1. The van der Waals surface area contributed by atoms with Gasteiger partial charge in [0, 0.05) is 58.2 Å². The minimum Gasteiger partial charge on any atom is -0.342 e. The molecule has 2 aromatic rings. The molecule has 0 unspecified atom stereocenters. The Kier molecular flexibility index (Phi) is 4.56. The van der Waals surface area contributed by atoms with Gasteiger partial charge in [-0.3, -0.25) is 14.8 Å². The molecule has 3 aliphatic rings. The van der Waals surface area contributed by atoms with Gasteiger partial charge in [-0.25, -0.2) is 0 Å². The van der Waals surface area contributed by atoms with E-state index in [-0.39, 0.29) is 0 Å². The summed E-state index contributed by atoms with van der Waals surface area (Å²) in [7, 11) is 1.95. The first kappa shape index (κ1) is 16.3. The fourth-order valence-corrected chi connectivity index (χ4v) is 4.38. The molecule has 3 aliphatic heterocycles. The first-order valence-electron chi connectivity index (χ1n) is 9.13. The standard InChI is InChI=1S/C20H25N5/c1-23-10-17(8-20(23)9-21)13-25-12-16-5-6-19(25)15-24(11-16)14-18-4-2-3-7-22-18/h2-4,7-8,10,16,19H,5-6,11-15H2,1H3/t16-,19+/m0/s1. The van der Waals surface area contributed by atoms with E-state index in [2.05, 4.69) is 39.2 Å². The third kappa shape index (κ3) is 3.60. The van der Waals surface area contributed by atoms with Gasteiger partial charge in [-0.2, -0.15) is 5.26 Å². The van der Waals surface area contributed by atoms with Gasteiger partial charge in [0.25, 0.3) is 0 Å². The van der Waals surface area contributed by atoms with Crippen LogP contribution in [0.5, 0.6) is 0 Å². The lowest BCUT2D eigenvalue weighted by molar-refractivity contribution is 0.123. The van der Waals surface area contributed by atoms with Gasteiger partial charge >= 0.3 is 0 Å². The summed E-state index contributed by atoms with van der Waals surface area (Å²) in [6.45, 7) is 5.35. The highest BCUT2D eigenvalue weighted by atomic mass is 15.3. The van der Waals surface area contributed by atoms with Crippen molar-refractivity contribution in [2.24, 2.45) is 13.0 Å². The van der Waals surface area contributed by atoms with Crippen LogP contribution in [0, 0.1) is 17.2 Å². The van der Waals surface area contributed by atoms with Gasteiger partial charge < -0.3 is 4.57 Å². The second-order valence-electron chi connectivity index (χ2n) is 7.50. The molecule has 5 heteroatoms. The van der Waals surface area contributed by atoms with Crippen molar-refractivity contribution in [1.82, 2.24) is 19.4 Å². The van der Waals surface area contributed by atoms with E-state index in [9.17, 15) is 0 Å². The van der Waals surface area contributed by atoms with Crippen molar-refractivity contribution in [3.63, 3.8) is 0 Å². The normalized spacial score (nSPS) is 24.2. The van der Waals surface area contributed by atoms with Crippen LogP contribution in [0.25, 0.3) is 0 Å². The zero-order valence-electron chi connectivity index (χ0n) is 14.8. The van der Waals surface area contributed by atoms with Crippen LogP contribution < -0.4 is 0 Å². The van der Waals surface area contributed by atoms with Crippen molar-refractivity contribution in [3.05, 3.63) is 53.6 Å². The monoisotopic (exact) mass is 335 g/mol. The molecule has 3 saturated heterocycles. The smallest absolute Gasteiger partial charge is 0.120 e. The Morgan fingerprint density at radius 2 is 2.12 bits per heavy atom. The fraction of sp³-hybridized carbons (Fsp3) is 0.500. The van der Waals surface area contributed by atoms with Crippen molar-refractivity contribution in [3.8, 4) is 6.07 Å². The van der Waals surface area contributed by atoms with E-state index in [1.54, 1.807) is 0 Å². The Labute approximate surface area is 149 Å². The predicted octanol–water partition coefficient (Wildman–Crippen LogP) is 2.39. The molecule has 25 heavy (non-hydrogen) atoms. The van der Waals surface area contributed by atoms with E-state index >= 15 is 0 Å². The Hall–Kier alpha value is -2.16. The maximum absolute atomic E-state index is 9.17. The van der Waals surface area contributed by atoms with Crippen LogP contribution in [0.3, 0.4) is 0 Å².